The minimum absolute atomic E-state index is 0.0551. The quantitative estimate of drug-likeness (QED) is 0.180. The number of hydrogen-bond acceptors (Lipinski definition) is 2. The van der Waals surface area contributed by atoms with Crippen LogP contribution in [0.25, 0.3) is 71.7 Å². The molecule has 0 fully saturated rings. The molecule has 12 rings (SSSR count). The second-order valence-electron chi connectivity index (χ2n) is 23.7. The van der Waals surface area contributed by atoms with Crippen LogP contribution in [0, 0.1) is 0 Å². The van der Waals surface area contributed by atoms with Crippen molar-refractivity contribution in [2.75, 3.05) is 5.32 Å². The van der Waals surface area contributed by atoms with E-state index in [9.17, 15) is 0 Å². The molecule has 1 aliphatic heterocycles. The zero-order chi connectivity index (χ0) is 45.3. The number of rotatable bonds is 3. The van der Waals surface area contributed by atoms with Crippen molar-refractivity contribution in [3.8, 4) is 27.9 Å². The molecule has 0 saturated carbocycles. The lowest BCUT2D eigenvalue weighted by Gasteiger charge is -2.42. The van der Waals surface area contributed by atoms with E-state index in [1.54, 1.807) is 0 Å². The molecule has 3 heterocycles. The van der Waals surface area contributed by atoms with E-state index in [0.29, 0.717) is 0 Å². The van der Waals surface area contributed by atoms with E-state index in [0.717, 1.165) is 29.8 Å². The fraction of sp³-hybridized carbons (Fsp3) is 0.311. The summed E-state index contributed by atoms with van der Waals surface area (Å²) >= 11 is 0. The summed E-state index contributed by atoms with van der Waals surface area (Å²) in [6, 6.07) is 44.3. The maximum absolute atomic E-state index is 7.34. The maximum Gasteiger partial charge on any atom is 0.198 e. The third-order valence-electron chi connectivity index (χ3n) is 16.2. The molecule has 65 heavy (non-hydrogen) atoms. The third-order valence-corrected chi connectivity index (χ3v) is 16.2. The van der Waals surface area contributed by atoms with Gasteiger partial charge in [0.05, 0.1) is 11.0 Å². The SMILES string of the molecule is CC(C)(C)c1ccc(Nc2ccc(C(C)(C)C)cc2-c2c3c4c(c5cc6c(cc5n4-c4cc5c(cc4B3)-c3ccccc3C5(C)C)C(C)(C)CCC6(C)C)c3c2oc2ccccc23)cc1. The number of para-hydroxylation sites is 1. The number of nitrogens with one attached hydrogen (secondary N) is 1. The summed E-state index contributed by atoms with van der Waals surface area (Å²) in [6.45, 7) is 28.5. The Morgan fingerprint density at radius 1 is 0.585 bits per heavy atom. The Bertz CT molecular complexity index is 3520. The van der Waals surface area contributed by atoms with Crippen LogP contribution in [0.1, 0.15) is 129 Å². The molecule has 3 nitrogen and oxygen atoms in total. The third kappa shape index (κ3) is 5.74. The molecule has 0 radical (unpaired) electrons. The van der Waals surface area contributed by atoms with Gasteiger partial charge in [0.15, 0.2) is 7.28 Å². The highest BCUT2D eigenvalue weighted by Crippen LogP contribution is 2.54. The van der Waals surface area contributed by atoms with E-state index in [1.807, 2.05) is 0 Å². The topological polar surface area (TPSA) is 30.1 Å². The Morgan fingerprint density at radius 2 is 1.25 bits per heavy atom. The molecule has 2 aromatic heterocycles. The van der Waals surface area contributed by atoms with Gasteiger partial charge in [0, 0.05) is 55.1 Å². The smallest absolute Gasteiger partial charge is 0.198 e. The molecule has 0 amide bonds. The van der Waals surface area contributed by atoms with Crippen molar-refractivity contribution in [2.24, 2.45) is 0 Å². The van der Waals surface area contributed by atoms with Gasteiger partial charge in [-0.25, -0.2) is 0 Å². The van der Waals surface area contributed by atoms with Crippen molar-refractivity contribution < 1.29 is 4.42 Å². The first-order valence-electron chi connectivity index (χ1n) is 24.0. The normalized spacial score (nSPS) is 16.7. The molecule has 0 saturated heterocycles. The predicted molar refractivity (Wildman–Crippen MR) is 280 cm³/mol. The van der Waals surface area contributed by atoms with E-state index in [2.05, 4.69) is 208 Å². The van der Waals surface area contributed by atoms with Crippen molar-refractivity contribution in [2.45, 2.75) is 123 Å². The number of anilines is 2. The van der Waals surface area contributed by atoms with Crippen LogP contribution in [-0.2, 0) is 27.1 Å². The summed E-state index contributed by atoms with van der Waals surface area (Å²) in [5.41, 5.74) is 24.1. The molecule has 3 aliphatic rings. The van der Waals surface area contributed by atoms with Crippen LogP contribution < -0.4 is 16.2 Å². The van der Waals surface area contributed by atoms with Crippen LogP contribution in [0.4, 0.5) is 11.4 Å². The van der Waals surface area contributed by atoms with Crippen LogP contribution in [0.2, 0.25) is 0 Å². The molecule has 0 unspecified atom stereocenters. The largest absolute Gasteiger partial charge is 0.455 e. The molecule has 4 heteroatoms. The van der Waals surface area contributed by atoms with E-state index in [-0.39, 0.29) is 27.1 Å². The minimum atomic E-state index is -0.122. The predicted octanol–water partition coefficient (Wildman–Crippen LogP) is 15.0. The summed E-state index contributed by atoms with van der Waals surface area (Å²) in [5.74, 6) is 0. The first kappa shape index (κ1) is 40.5. The lowest BCUT2D eigenvalue weighted by Crippen LogP contribution is -2.38. The van der Waals surface area contributed by atoms with Crippen LogP contribution in [0.3, 0.4) is 0 Å². The molecule has 1 N–H and O–H groups in total. The maximum atomic E-state index is 7.34. The van der Waals surface area contributed by atoms with Gasteiger partial charge in [-0.15, -0.1) is 0 Å². The lowest BCUT2D eigenvalue weighted by atomic mass is 9.58. The van der Waals surface area contributed by atoms with Gasteiger partial charge in [-0.3, -0.25) is 0 Å². The summed E-state index contributed by atoms with van der Waals surface area (Å²) in [7, 11) is 0.788. The van der Waals surface area contributed by atoms with Crippen LogP contribution >= 0.6 is 0 Å². The van der Waals surface area contributed by atoms with Crippen molar-refractivity contribution in [3.05, 3.63) is 149 Å². The lowest BCUT2D eigenvalue weighted by molar-refractivity contribution is 0.332. The van der Waals surface area contributed by atoms with Crippen LogP contribution in [0.5, 0.6) is 0 Å². The van der Waals surface area contributed by atoms with Crippen molar-refractivity contribution in [1.29, 1.82) is 0 Å². The Labute approximate surface area is 385 Å². The first-order valence-corrected chi connectivity index (χ1v) is 24.0. The summed E-state index contributed by atoms with van der Waals surface area (Å²) < 4.78 is 10.0. The first-order chi connectivity index (χ1) is 30.7. The number of aromatic nitrogens is 1. The van der Waals surface area contributed by atoms with Gasteiger partial charge >= 0.3 is 0 Å². The van der Waals surface area contributed by atoms with Crippen molar-refractivity contribution in [1.82, 2.24) is 4.57 Å². The molecule has 0 spiro atoms. The molecule has 7 aromatic carbocycles. The van der Waals surface area contributed by atoms with E-state index < -0.39 is 0 Å². The highest BCUT2D eigenvalue weighted by molar-refractivity contribution is 6.74. The van der Waals surface area contributed by atoms with Gasteiger partial charge in [0.2, 0.25) is 0 Å². The van der Waals surface area contributed by atoms with Gasteiger partial charge in [0.1, 0.15) is 11.2 Å². The Balaban J connectivity index is 1.25. The average Bonchev–Trinajstić information content (AvgIpc) is 3.87. The molecule has 9 aromatic rings. The van der Waals surface area contributed by atoms with Crippen molar-refractivity contribution >= 4 is 73.3 Å². The second kappa shape index (κ2) is 13.1. The van der Waals surface area contributed by atoms with E-state index in [4.69, 9.17) is 4.42 Å². The van der Waals surface area contributed by atoms with Gasteiger partial charge in [-0.1, -0.05) is 155 Å². The van der Waals surface area contributed by atoms with E-state index in [1.165, 1.54) is 118 Å². The Morgan fingerprint density at radius 3 is 1.97 bits per heavy atom. The zero-order valence-corrected chi connectivity index (χ0v) is 40.4. The Hall–Kier alpha value is -6.00. The number of hydrogen-bond donors (Lipinski definition) is 1. The van der Waals surface area contributed by atoms with Gasteiger partial charge in [-0.05, 0) is 133 Å². The molecule has 0 bridgehead atoms. The molecule has 324 valence electrons. The van der Waals surface area contributed by atoms with Gasteiger partial charge < -0.3 is 14.3 Å². The van der Waals surface area contributed by atoms with E-state index >= 15 is 0 Å². The minimum Gasteiger partial charge on any atom is -0.455 e. The molecular formula is C61H61BN2O. The second-order valence-corrected chi connectivity index (χ2v) is 23.7. The van der Waals surface area contributed by atoms with Crippen LogP contribution in [0.15, 0.2) is 120 Å². The summed E-state index contributed by atoms with van der Waals surface area (Å²) in [4.78, 5) is 0. The highest BCUT2D eigenvalue weighted by atomic mass is 16.3. The highest BCUT2D eigenvalue weighted by Gasteiger charge is 2.41. The Kier molecular flexibility index (Phi) is 8.16. The molecule has 0 atom stereocenters. The van der Waals surface area contributed by atoms with Crippen LogP contribution in [-0.4, -0.2) is 11.8 Å². The van der Waals surface area contributed by atoms with Gasteiger partial charge in [-0.2, -0.15) is 0 Å². The summed E-state index contributed by atoms with van der Waals surface area (Å²) in [6.07, 6.45) is 2.33. The average molecular weight is 849 g/mol. The number of benzene rings is 7. The number of fused-ring (bicyclic) bond motifs is 13. The number of nitrogens with zero attached hydrogens (tertiary/aromatic N) is 1. The number of furan rings is 1. The molecular weight excluding hydrogens is 787 g/mol. The standard InChI is InChI=1S/C61H61BN2O/c1-57(2,3)34-21-24-36(25-22-34)63-47-26-23-35(58(4,5)6)29-40(47)53-54-55-51(52-38-18-14-16-20-50(38)65-56(52)53)41-30-44-45(60(9,10)28-27-59(44,7)8)33-48(41)64(55)49-32-43-39(31-46(49)62-54)37-17-13-15-19-42(37)61(43,11)12/h13-26,29-33,62-63H,27-28H2,1-12H3. The fourth-order valence-corrected chi connectivity index (χ4v) is 12.2. The van der Waals surface area contributed by atoms with Gasteiger partial charge in [0.25, 0.3) is 0 Å². The monoisotopic (exact) mass is 848 g/mol. The summed E-state index contributed by atoms with van der Waals surface area (Å²) in [5, 5.41) is 8.98. The molecule has 2 aliphatic carbocycles. The van der Waals surface area contributed by atoms with Crippen molar-refractivity contribution in [3.63, 3.8) is 0 Å². The fourth-order valence-electron chi connectivity index (χ4n) is 12.2. The zero-order valence-electron chi connectivity index (χ0n) is 40.4.